The predicted octanol–water partition coefficient (Wildman–Crippen LogP) is 5.13. The molecule has 0 fully saturated rings. The zero-order chi connectivity index (χ0) is 13.8. The molecule has 0 bridgehead atoms. The first-order chi connectivity index (χ1) is 9.11. The van der Waals surface area contributed by atoms with Crippen LogP contribution in [0, 0.1) is 0 Å². The zero-order valence-corrected chi connectivity index (χ0v) is 13.2. The van der Waals surface area contributed by atoms with Crippen LogP contribution in [0.25, 0.3) is 0 Å². The zero-order valence-electron chi connectivity index (χ0n) is 11.6. The fourth-order valence-corrected chi connectivity index (χ4v) is 2.20. The van der Waals surface area contributed by atoms with Crippen LogP contribution < -0.4 is 4.90 Å². The number of anilines is 2. The summed E-state index contributed by atoms with van der Waals surface area (Å²) in [7, 11) is 2.04. The molecule has 1 heterocycles. The van der Waals surface area contributed by atoms with Gasteiger partial charge < -0.3 is 4.90 Å². The fourth-order valence-electron chi connectivity index (χ4n) is 1.96. The fraction of sp³-hybridized carbons (Fsp3) is 0.312. The van der Waals surface area contributed by atoms with Crippen molar-refractivity contribution in [3.05, 3.63) is 52.6 Å². The lowest BCUT2D eigenvalue weighted by Crippen LogP contribution is -2.10. The largest absolute Gasteiger partial charge is 0.329 e. The van der Waals surface area contributed by atoms with Gasteiger partial charge in [0.25, 0.3) is 0 Å². The Morgan fingerprint density at radius 3 is 2.37 bits per heavy atom. The summed E-state index contributed by atoms with van der Waals surface area (Å²) in [4.78, 5) is 6.50. The second-order valence-corrected chi connectivity index (χ2v) is 5.71. The second-order valence-electron chi connectivity index (χ2n) is 4.79. The second kappa shape index (κ2) is 6.20. The molecule has 0 aliphatic carbocycles. The third-order valence-corrected chi connectivity index (χ3v) is 3.99. The van der Waals surface area contributed by atoms with E-state index in [1.807, 2.05) is 25.4 Å². The van der Waals surface area contributed by atoms with Gasteiger partial charge in [-0.05, 0) is 58.1 Å². The molecule has 1 atom stereocenters. The lowest BCUT2D eigenvalue weighted by molar-refractivity contribution is 0.733. The Morgan fingerprint density at radius 2 is 1.84 bits per heavy atom. The molecule has 0 aliphatic rings. The molecule has 2 nitrogen and oxygen atoms in total. The van der Waals surface area contributed by atoms with Gasteiger partial charge in [-0.1, -0.05) is 26.0 Å². The third-order valence-electron chi connectivity index (χ3n) is 3.52. The standard InChI is InChI=1S/C16H19BrN2/c1-4-12(2)13-5-8-15(9-6-13)19(3)16-10-7-14(17)11-18-16/h5-12H,4H2,1-3H3. The lowest BCUT2D eigenvalue weighted by Gasteiger charge is -2.19. The first-order valence-corrected chi connectivity index (χ1v) is 7.36. The average Bonchev–Trinajstić information content (AvgIpc) is 2.46. The van der Waals surface area contributed by atoms with Gasteiger partial charge in [0, 0.05) is 23.4 Å². The molecule has 1 aromatic heterocycles. The number of benzene rings is 1. The highest BCUT2D eigenvalue weighted by molar-refractivity contribution is 9.10. The number of rotatable bonds is 4. The molecule has 0 saturated heterocycles. The van der Waals surface area contributed by atoms with Crippen LogP contribution in [0.5, 0.6) is 0 Å². The molecular formula is C16H19BrN2. The van der Waals surface area contributed by atoms with Gasteiger partial charge in [0.05, 0.1) is 0 Å². The van der Waals surface area contributed by atoms with E-state index in [1.165, 1.54) is 12.0 Å². The number of hydrogen-bond donors (Lipinski definition) is 0. The highest BCUT2D eigenvalue weighted by atomic mass is 79.9. The van der Waals surface area contributed by atoms with Crippen LogP contribution >= 0.6 is 15.9 Å². The molecule has 0 saturated carbocycles. The van der Waals surface area contributed by atoms with E-state index < -0.39 is 0 Å². The van der Waals surface area contributed by atoms with Gasteiger partial charge in [0.2, 0.25) is 0 Å². The highest BCUT2D eigenvalue weighted by Gasteiger charge is 2.07. The van der Waals surface area contributed by atoms with E-state index in [9.17, 15) is 0 Å². The van der Waals surface area contributed by atoms with Crippen molar-refractivity contribution >= 4 is 27.4 Å². The average molecular weight is 319 g/mol. The normalized spacial score (nSPS) is 12.2. The summed E-state index contributed by atoms with van der Waals surface area (Å²) in [6, 6.07) is 12.7. The maximum Gasteiger partial charge on any atom is 0.132 e. The van der Waals surface area contributed by atoms with Crippen LogP contribution in [0.15, 0.2) is 47.1 Å². The molecule has 1 unspecified atom stereocenters. The Kier molecular flexibility index (Phi) is 4.59. The minimum Gasteiger partial charge on any atom is -0.329 e. The first-order valence-electron chi connectivity index (χ1n) is 6.57. The molecule has 0 spiro atoms. The van der Waals surface area contributed by atoms with Gasteiger partial charge in [-0.3, -0.25) is 0 Å². The minimum absolute atomic E-state index is 0.616. The topological polar surface area (TPSA) is 16.1 Å². The SMILES string of the molecule is CCC(C)c1ccc(N(C)c2ccc(Br)cn2)cc1. The summed E-state index contributed by atoms with van der Waals surface area (Å²) in [5.41, 5.74) is 2.55. The molecule has 3 heteroatoms. The molecule has 1 aromatic carbocycles. The molecule has 0 radical (unpaired) electrons. The van der Waals surface area contributed by atoms with Crippen molar-refractivity contribution in [2.75, 3.05) is 11.9 Å². The number of nitrogens with zero attached hydrogens (tertiary/aromatic N) is 2. The van der Waals surface area contributed by atoms with Crippen molar-refractivity contribution in [2.45, 2.75) is 26.2 Å². The van der Waals surface area contributed by atoms with Crippen LogP contribution in [0.2, 0.25) is 0 Å². The Bertz CT molecular complexity index is 519. The quantitative estimate of drug-likeness (QED) is 0.777. The van der Waals surface area contributed by atoms with Gasteiger partial charge in [0.15, 0.2) is 0 Å². The van der Waals surface area contributed by atoms with Gasteiger partial charge in [0.1, 0.15) is 5.82 Å². The number of halogens is 1. The molecule has 19 heavy (non-hydrogen) atoms. The molecule has 0 N–H and O–H groups in total. The van der Waals surface area contributed by atoms with Gasteiger partial charge >= 0.3 is 0 Å². The van der Waals surface area contributed by atoms with E-state index in [0.717, 1.165) is 16.0 Å². The predicted molar refractivity (Wildman–Crippen MR) is 85.1 cm³/mol. The maximum absolute atomic E-state index is 4.41. The van der Waals surface area contributed by atoms with Crippen molar-refractivity contribution in [1.29, 1.82) is 0 Å². The van der Waals surface area contributed by atoms with Crippen molar-refractivity contribution < 1.29 is 0 Å². The van der Waals surface area contributed by atoms with Crippen LogP contribution in [0.1, 0.15) is 31.7 Å². The monoisotopic (exact) mass is 318 g/mol. The summed E-state index contributed by atoms with van der Waals surface area (Å²) in [5, 5.41) is 0. The van der Waals surface area contributed by atoms with Crippen molar-refractivity contribution in [1.82, 2.24) is 4.98 Å². The summed E-state index contributed by atoms with van der Waals surface area (Å²) in [6.07, 6.45) is 2.99. The molecule has 2 rings (SSSR count). The van der Waals surface area contributed by atoms with E-state index in [-0.39, 0.29) is 0 Å². The van der Waals surface area contributed by atoms with Gasteiger partial charge in [-0.15, -0.1) is 0 Å². The van der Waals surface area contributed by atoms with Crippen LogP contribution in [0.3, 0.4) is 0 Å². The van der Waals surface area contributed by atoms with Crippen molar-refractivity contribution in [3.8, 4) is 0 Å². The highest BCUT2D eigenvalue weighted by Crippen LogP contribution is 2.25. The molecule has 0 aliphatic heterocycles. The van der Waals surface area contributed by atoms with E-state index in [4.69, 9.17) is 0 Å². The number of pyridine rings is 1. The lowest BCUT2D eigenvalue weighted by atomic mass is 9.98. The van der Waals surface area contributed by atoms with Crippen LogP contribution in [0.4, 0.5) is 11.5 Å². The molecular weight excluding hydrogens is 300 g/mol. The summed E-state index contributed by atoms with van der Waals surface area (Å²) >= 11 is 3.40. The Morgan fingerprint density at radius 1 is 1.16 bits per heavy atom. The molecule has 0 amide bonds. The summed E-state index contributed by atoms with van der Waals surface area (Å²) < 4.78 is 0.997. The molecule has 2 aromatic rings. The number of aromatic nitrogens is 1. The summed E-state index contributed by atoms with van der Waals surface area (Å²) in [6.45, 7) is 4.48. The smallest absolute Gasteiger partial charge is 0.132 e. The van der Waals surface area contributed by atoms with Crippen LogP contribution in [-0.4, -0.2) is 12.0 Å². The van der Waals surface area contributed by atoms with E-state index >= 15 is 0 Å². The molecule has 100 valence electrons. The Labute approximate surface area is 123 Å². The van der Waals surface area contributed by atoms with Crippen molar-refractivity contribution in [2.24, 2.45) is 0 Å². The minimum atomic E-state index is 0.616. The first kappa shape index (κ1) is 14.1. The number of hydrogen-bond acceptors (Lipinski definition) is 2. The van der Waals surface area contributed by atoms with Crippen LogP contribution in [-0.2, 0) is 0 Å². The Hall–Kier alpha value is -1.35. The van der Waals surface area contributed by atoms with Crippen molar-refractivity contribution in [3.63, 3.8) is 0 Å². The summed E-state index contributed by atoms with van der Waals surface area (Å²) in [5.74, 6) is 1.56. The van der Waals surface area contributed by atoms with Gasteiger partial charge in [-0.2, -0.15) is 0 Å². The maximum atomic E-state index is 4.41. The Balaban J connectivity index is 2.19. The van der Waals surface area contributed by atoms with Gasteiger partial charge in [-0.25, -0.2) is 4.98 Å². The van der Waals surface area contributed by atoms with E-state index in [0.29, 0.717) is 5.92 Å². The van der Waals surface area contributed by atoms with E-state index in [2.05, 4.69) is 63.9 Å². The van der Waals surface area contributed by atoms with E-state index in [1.54, 1.807) is 0 Å². The third kappa shape index (κ3) is 3.35.